The van der Waals surface area contributed by atoms with Gasteiger partial charge in [0.15, 0.2) is 5.76 Å². The smallest absolute Gasteiger partial charge is 0.336 e. The van der Waals surface area contributed by atoms with Crippen molar-refractivity contribution in [3.8, 4) is 17.2 Å². The first-order chi connectivity index (χ1) is 16.5. The van der Waals surface area contributed by atoms with Gasteiger partial charge in [-0.25, -0.2) is 4.79 Å². The Bertz CT molecular complexity index is 1480. The maximum absolute atomic E-state index is 12.9. The van der Waals surface area contributed by atoms with Crippen LogP contribution < -0.4 is 14.2 Å². The maximum atomic E-state index is 12.9. The second-order valence-corrected chi connectivity index (χ2v) is 7.84. The van der Waals surface area contributed by atoms with Crippen LogP contribution in [0.5, 0.6) is 17.2 Å². The number of hydrogen-bond acceptors (Lipinski definition) is 5. The van der Waals surface area contributed by atoms with Crippen LogP contribution in [0.4, 0.5) is 0 Å². The molecule has 0 radical (unpaired) electrons. The summed E-state index contributed by atoms with van der Waals surface area (Å²) in [6.07, 6.45) is 6.69. The molecule has 0 fully saturated rings. The van der Waals surface area contributed by atoms with Crippen molar-refractivity contribution in [1.29, 1.82) is 0 Å². The lowest BCUT2D eigenvalue weighted by molar-refractivity contribution is -0.128. The molecular weight excluding hydrogens is 430 g/mol. The topological polar surface area (TPSA) is 66.8 Å². The van der Waals surface area contributed by atoms with E-state index < -0.39 is 5.97 Å². The van der Waals surface area contributed by atoms with Crippen LogP contribution in [-0.2, 0) is 11.8 Å². The summed E-state index contributed by atoms with van der Waals surface area (Å²) in [5, 5.41) is 0.946. The normalized spacial score (nSPS) is 13.9. The number of nitrogens with zero attached hydrogens (tertiary/aromatic N) is 1. The average Bonchev–Trinajstić information content (AvgIpc) is 3.33. The summed E-state index contributed by atoms with van der Waals surface area (Å²) in [4.78, 5) is 25.1. The highest BCUT2D eigenvalue weighted by atomic mass is 16.5. The van der Waals surface area contributed by atoms with Crippen LogP contribution in [0.1, 0.15) is 21.5 Å². The third-order valence-corrected chi connectivity index (χ3v) is 5.59. The number of methoxy groups -OCH3 is 1. The Morgan fingerprint density at radius 2 is 1.79 bits per heavy atom. The van der Waals surface area contributed by atoms with Crippen LogP contribution in [0.2, 0.25) is 0 Å². The fourth-order valence-electron chi connectivity index (χ4n) is 3.89. The quantitative estimate of drug-likeness (QED) is 0.230. The van der Waals surface area contributed by atoms with Crippen molar-refractivity contribution in [2.75, 3.05) is 7.11 Å². The molecule has 0 saturated heterocycles. The number of ether oxygens (including phenoxy) is 3. The maximum Gasteiger partial charge on any atom is 0.336 e. The highest BCUT2D eigenvalue weighted by molar-refractivity contribution is 6.15. The molecule has 0 saturated carbocycles. The highest BCUT2D eigenvalue weighted by Crippen LogP contribution is 2.36. The lowest BCUT2D eigenvalue weighted by Gasteiger charge is -2.03. The van der Waals surface area contributed by atoms with E-state index in [1.54, 1.807) is 37.5 Å². The molecule has 34 heavy (non-hydrogen) atoms. The van der Waals surface area contributed by atoms with Crippen LogP contribution >= 0.6 is 0 Å². The number of Topliss-reactive ketones (excluding diaryl/α,β-unsaturated/α-hetero) is 1. The fourth-order valence-corrected chi connectivity index (χ4v) is 3.89. The largest absolute Gasteiger partial charge is 0.497 e. The van der Waals surface area contributed by atoms with E-state index in [4.69, 9.17) is 14.2 Å². The van der Waals surface area contributed by atoms with Crippen molar-refractivity contribution in [3.63, 3.8) is 0 Å². The molecule has 2 heterocycles. The van der Waals surface area contributed by atoms with Crippen molar-refractivity contribution in [2.45, 2.75) is 0 Å². The molecule has 0 unspecified atom stereocenters. The summed E-state index contributed by atoms with van der Waals surface area (Å²) in [6.45, 7) is 0. The summed E-state index contributed by atoms with van der Waals surface area (Å²) in [7, 11) is 3.56. The molecule has 5 rings (SSSR count). The molecule has 0 N–H and O–H groups in total. The molecule has 1 aromatic heterocycles. The number of fused-ring (bicyclic) bond motifs is 2. The number of aryl methyl sites for hydroxylation is 1. The Morgan fingerprint density at radius 1 is 1.00 bits per heavy atom. The molecule has 1 aliphatic rings. The molecule has 3 aromatic carbocycles. The fraction of sp³-hybridized carbons (Fsp3) is 0.0714. The van der Waals surface area contributed by atoms with Gasteiger partial charge >= 0.3 is 5.97 Å². The van der Waals surface area contributed by atoms with Gasteiger partial charge in [-0.2, -0.15) is 0 Å². The van der Waals surface area contributed by atoms with Gasteiger partial charge in [0, 0.05) is 41.9 Å². The highest BCUT2D eigenvalue weighted by Gasteiger charge is 2.28. The van der Waals surface area contributed by atoms with E-state index in [0.717, 1.165) is 27.8 Å². The molecule has 0 amide bonds. The van der Waals surface area contributed by atoms with Gasteiger partial charge in [-0.05, 0) is 48.0 Å². The molecule has 0 spiro atoms. The van der Waals surface area contributed by atoms with Gasteiger partial charge in [-0.3, -0.25) is 4.79 Å². The van der Waals surface area contributed by atoms with Crippen molar-refractivity contribution in [3.05, 3.63) is 101 Å². The second kappa shape index (κ2) is 8.75. The van der Waals surface area contributed by atoms with Crippen molar-refractivity contribution in [2.24, 2.45) is 7.05 Å². The van der Waals surface area contributed by atoms with Crippen LogP contribution in [0, 0.1) is 0 Å². The van der Waals surface area contributed by atoms with E-state index >= 15 is 0 Å². The number of benzene rings is 3. The monoisotopic (exact) mass is 451 g/mol. The number of ketones is 1. The number of carbonyl (C=O) groups is 2. The summed E-state index contributed by atoms with van der Waals surface area (Å²) >= 11 is 0. The molecule has 0 atom stereocenters. The number of carbonyl (C=O) groups excluding carboxylic acids is 2. The molecule has 4 aromatic rings. The Hall–Kier alpha value is -4.58. The zero-order valence-electron chi connectivity index (χ0n) is 18.6. The van der Waals surface area contributed by atoms with E-state index in [9.17, 15) is 9.59 Å². The molecule has 168 valence electrons. The van der Waals surface area contributed by atoms with E-state index in [1.807, 2.05) is 66.3 Å². The van der Waals surface area contributed by atoms with E-state index in [0.29, 0.717) is 17.1 Å². The van der Waals surface area contributed by atoms with Gasteiger partial charge in [-0.15, -0.1) is 0 Å². The lowest BCUT2D eigenvalue weighted by atomic mass is 10.1. The lowest BCUT2D eigenvalue weighted by Crippen LogP contribution is -2.03. The van der Waals surface area contributed by atoms with Crippen LogP contribution in [0.25, 0.3) is 23.1 Å². The standard InChI is InChI=1S/C28H21NO5/c1-29-17-19(23-15-20(32-2)10-12-24(23)29)14-26-28(31)22-11-9-21(16-25(22)34-26)33-27(30)13-8-18-6-4-3-5-7-18/h3-17H,1-2H3. The van der Waals surface area contributed by atoms with Gasteiger partial charge in [0.2, 0.25) is 5.78 Å². The first kappa shape index (κ1) is 21.3. The Kier molecular flexibility index (Phi) is 5.47. The molecule has 0 bridgehead atoms. The summed E-state index contributed by atoms with van der Waals surface area (Å²) < 4.78 is 18.6. The van der Waals surface area contributed by atoms with Gasteiger partial charge < -0.3 is 18.8 Å². The Balaban J connectivity index is 1.37. The minimum atomic E-state index is -0.520. The molecule has 0 aliphatic carbocycles. The van der Waals surface area contributed by atoms with E-state index in [-0.39, 0.29) is 11.5 Å². The molecule has 6 heteroatoms. The van der Waals surface area contributed by atoms with Crippen LogP contribution in [0.3, 0.4) is 0 Å². The van der Waals surface area contributed by atoms with Gasteiger partial charge in [0.1, 0.15) is 17.2 Å². The number of esters is 1. The zero-order chi connectivity index (χ0) is 23.7. The average molecular weight is 451 g/mol. The van der Waals surface area contributed by atoms with Gasteiger partial charge in [-0.1, -0.05) is 30.3 Å². The minimum Gasteiger partial charge on any atom is -0.497 e. The molecule has 6 nitrogen and oxygen atoms in total. The van der Waals surface area contributed by atoms with Crippen molar-refractivity contribution >= 4 is 34.8 Å². The van der Waals surface area contributed by atoms with Gasteiger partial charge in [0.05, 0.1) is 12.7 Å². The minimum absolute atomic E-state index is 0.206. The summed E-state index contributed by atoms with van der Waals surface area (Å²) in [5.74, 6) is 0.841. The first-order valence-corrected chi connectivity index (χ1v) is 10.7. The predicted molar refractivity (Wildman–Crippen MR) is 130 cm³/mol. The first-order valence-electron chi connectivity index (χ1n) is 10.7. The Morgan fingerprint density at radius 3 is 2.59 bits per heavy atom. The summed E-state index contributed by atoms with van der Waals surface area (Å²) in [5.41, 5.74) is 3.16. The third kappa shape index (κ3) is 4.09. The second-order valence-electron chi connectivity index (χ2n) is 7.84. The number of rotatable bonds is 5. The third-order valence-electron chi connectivity index (χ3n) is 5.59. The SMILES string of the molecule is COc1ccc2c(c1)c(C=C1Oc3cc(OC(=O)C=Cc4ccccc4)ccc3C1=O)cn2C. The van der Waals surface area contributed by atoms with Crippen LogP contribution in [0.15, 0.2) is 84.8 Å². The summed E-state index contributed by atoms with van der Waals surface area (Å²) in [6, 6.07) is 20.0. The van der Waals surface area contributed by atoms with E-state index in [1.165, 1.54) is 6.08 Å². The number of allylic oxidation sites excluding steroid dienone is 1. The number of hydrogen-bond donors (Lipinski definition) is 0. The van der Waals surface area contributed by atoms with Gasteiger partial charge in [0.25, 0.3) is 0 Å². The van der Waals surface area contributed by atoms with E-state index in [2.05, 4.69) is 0 Å². The predicted octanol–water partition coefficient (Wildman–Crippen LogP) is 5.42. The van der Waals surface area contributed by atoms with Crippen molar-refractivity contribution < 1.29 is 23.8 Å². The van der Waals surface area contributed by atoms with Crippen molar-refractivity contribution in [1.82, 2.24) is 4.57 Å². The molecule has 1 aliphatic heterocycles. The zero-order valence-corrected chi connectivity index (χ0v) is 18.6. The molecular formula is C28H21NO5. The number of aromatic nitrogens is 1. The Labute approximate surface area is 196 Å². The van der Waals surface area contributed by atoms with Crippen LogP contribution in [-0.4, -0.2) is 23.4 Å².